The Morgan fingerprint density at radius 1 is 0.864 bits per heavy atom. The summed E-state index contributed by atoms with van der Waals surface area (Å²) in [4.78, 5) is 0. The van der Waals surface area contributed by atoms with Crippen LogP contribution in [0.5, 0.6) is 0 Å². The van der Waals surface area contributed by atoms with Gasteiger partial charge in [0.2, 0.25) is 0 Å². The van der Waals surface area contributed by atoms with Crippen LogP contribution < -0.4 is 0 Å². The number of hydrogen-bond donors (Lipinski definition) is 0. The molecule has 2 rings (SSSR count). The Labute approximate surface area is 130 Å². The van der Waals surface area contributed by atoms with Crippen molar-refractivity contribution < 1.29 is 22.1 Å². The van der Waals surface area contributed by atoms with Crippen molar-refractivity contribution in [3.05, 3.63) is 59.7 Å². The average molecular weight is 324 g/mol. The highest BCUT2D eigenvalue weighted by Crippen LogP contribution is 2.25. The molecule has 6 heteroatoms. The lowest BCUT2D eigenvalue weighted by molar-refractivity contribution is 0.0951. The zero-order valence-corrected chi connectivity index (χ0v) is 13.8. The van der Waals surface area contributed by atoms with Gasteiger partial charge in [0, 0.05) is 14.2 Å². The smallest absolute Gasteiger partial charge is 0.379 e. The topological polar surface area (TPSA) is 27.7 Å². The number of benzene rings is 2. The van der Waals surface area contributed by atoms with E-state index in [1.54, 1.807) is 20.3 Å². The second kappa shape index (κ2) is 7.60. The SMILES string of the molecule is CO[SiH](OC)OC(C)c1ccc(-c2ccc(F)c(F)c2)cc1. The molecule has 3 nitrogen and oxygen atoms in total. The maximum absolute atomic E-state index is 13.3. The van der Waals surface area contributed by atoms with Crippen LogP contribution in [-0.4, -0.2) is 23.7 Å². The van der Waals surface area contributed by atoms with E-state index in [0.717, 1.165) is 17.2 Å². The van der Waals surface area contributed by atoms with Gasteiger partial charge in [-0.05, 0) is 35.7 Å². The molecule has 2 aromatic carbocycles. The lowest BCUT2D eigenvalue weighted by Crippen LogP contribution is -2.25. The molecule has 0 bridgehead atoms. The molecule has 0 aliphatic rings. The molecule has 0 aromatic heterocycles. The van der Waals surface area contributed by atoms with Crippen LogP contribution in [0.4, 0.5) is 8.78 Å². The van der Waals surface area contributed by atoms with Crippen molar-refractivity contribution >= 4 is 9.53 Å². The zero-order valence-electron chi connectivity index (χ0n) is 12.7. The quantitative estimate of drug-likeness (QED) is 0.758. The van der Waals surface area contributed by atoms with Crippen LogP contribution in [-0.2, 0) is 13.3 Å². The summed E-state index contributed by atoms with van der Waals surface area (Å²) in [6.07, 6.45) is -0.171. The predicted molar refractivity (Wildman–Crippen MR) is 82.5 cm³/mol. The van der Waals surface area contributed by atoms with E-state index >= 15 is 0 Å². The minimum atomic E-state index is -2.10. The van der Waals surface area contributed by atoms with Gasteiger partial charge in [0.1, 0.15) is 0 Å². The van der Waals surface area contributed by atoms with Gasteiger partial charge in [0.15, 0.2) is 11.6 Å². The van der Waals surface area contributed by atoms with E-state index in [1.165, 1.54) is 6.07 Å². The van der Waals surface area contributed by atoms with E-state index in [4.69, 9.17) is 13.3 Å². The molecule has 2 aromatic rings. The molecule has 0 saturated heterocycles. The summed E-state index contributed by atoms with van der Waals surface area (Å²) in [5.74, 6) is -1.70. The van der Waals surface area contributed by atoms with E-state index in [9.17, 15) is 8.78 Å². The monoisotopic (exact) mass is 324 g/mol. The van der Waals surface area contributed by atoms with E-state index in [0.29, 0.717) is 5.56 Å². The van der Waals surface area contributed by atoms with Gasteiger partial charge in [0.25, 0.3) is 0 Å². The highest BCUT2D eigenvalue weighted by molar-refractivity contribution is 6.36. The van der Waals surface area contributed by atoms with Gasteiger partial charge < -0.3 is 13.3 Å². The lowest BCUT2D eigenvalue weighted by atomic mass is 10.0. The standard InChI is InChI=1S/C16H18F2O3Si/c1-11(21-22(19-2)20-3)12-4-6-13(7-5-12)14-8-9-15(17)16(18)10-14/h4-11,22H,1-3H3. The molecule has 0 aliphatic carbocycles. The second-order valence-electron chi connectivity index (χ2n) is 4.79. The molecular weight excluding hydrogens is 306 g/mol. The van der Waals surface area contributed by atoms with Gasteiger partial charge in [-0.2, -0.15) is 0 Å². The Morgan fingerprint density at radius 3 is 2.00 bits per heavy atom. The van der Waals surface area contributed by atoms with E-state index < -0.39 is 21.2 Å². The van der Waals surface area contributed by atoms with Crippen LogP contribution >= 0.6 is 0 Å². The van der Waals surface area contributed by atoms with Gasteiger partial charge in [-0.15, -0.1) is 0 Å². The Bertz CT molecular complexity index is 615. The molecule has 0 radical (unpaired) electrons. The molecule has 1 unspecified atom stereocenters. The molecule has 0 aliphatic heterocycles. The molecule has 118 valence electrons. The first-order chi connectivity index (χ1) is 10.5. The van der Waals surface area contributed by atoms with Gasteiger partial charge in [0.05, 0.1) is 6.10 Å². The number of rotatable bonds is 6. The summed E-state index contributed by atoms with van der Waals surface area (Å²) >= 11 is 0. The molecule has 0 amide bonds. The van der Waals surface area contributed by atoms with Crippen molar-refractivity contribution in [2.75, 3.05) is 14.2 Å². The van der Waals surface area contributed by atoms with Crippen molar-refractivity contribution in [1.82, 2.24) is 0 Å². The summed E-state index contributed by atoms with van der Waals surface area (Å²) in [6, 6.07) is 11.3. The fourth-order valence-corrected chi connectivity index (χ4v) is 2.98. The molecule has 0 saturated carbocycles. The van der Waals surface area contributed by atoms with Gasteiger partial charge in [-0.25, -0.2) is 8.78 Å². The average Bonchev–Trinajstić information content (AvgIpc) is 2.55. The van der Waals surface area contributed by atoms with Gasteiger partial charge >= 0.3 is 9.53 Å². The summed E-state index contributed by atoms with van der Waals surface area (Å²) in [5.41, 5.74) is 2.39. The van der Waals surface area contributed by atoms with Crippen LogP contribution in [0.3, 0.4) is 0 Å². The maximum Gasteiger partial charge on any atom is 0.484 e. The van der Waals surface area contributed by atoms with Crippen molar-refractivity contribution in [2.24, 2.45) is 0 Å². The Balaban J connectivity index is 2.14. The van der Waals surface area contributed by atoms with Crippen LogP contribution in [0.25, 0.3) is 11.1 Å². The van der Waals surface area contributed by atoms with Crippen molar-refractivity contribution in [1.29, 1.82) is 0 Å². The van der Waals surface area contributed by atoms with Gasteiger partial charge in [-0.1, -0.05) is 30.3 Å². The van der Waals surface area contributed by atoms with E-state index in [-0.39, 0.29) is 6.10 Å². The minimum Gasteiger partial charge on any atom is -0.379 e. The van der Waals surface area contributed by atoms with Crippen LogP contribution in [0.2, 0.25) is 0 Å². The third-order valence-corrected chi connectivity index (χ3v) is 4.73. The molecule has 0 heterocycles. The van der Waals surface area contributed by atoms with Crippen LogP contribution in [0.1, 0.15) is 18.6 Å². The van der Waals surface area contributed by atoms with Crippen molar-refractivity contribution in [3.8, 4) is 11.1 Å². The summed E-state index contributed by atoms with van der Waals surface area (Å²) in [7, 11) is 1.01. The third kappa shape index (κ3) is 3.98. The second-order valence-corrected chi connectivity index (χ2v) is 6.58. The normalized spacial score (nSPS) is 12.6. The first kappa shape index (κ1) is 16.8. The number of halogens is 2. The highest BCUT2D eigenvalue weighted by atomic mass is 28.3. The fraction of sp³-hybridized carbons (Fsp3) is 0.250. The maximum atomic E-state index is 13.3. The molecule has 0 fully saturated rings. The van der Waals surface area contributed by atoms with Crippen molar-refractivity contribution in [3.63, 3.8) is 0 Å². The van der Waals surface area contributed by atoms with Crippen molar-refractivity contribution in [2.45, 2.75) is 13.0 Å². The Hall–Kier alpha value is -1.60. The Morgan fingerprint density at radius 2 is 1.45 bits per heavy atom. The summed E-state index contributed by atoms with van der Waals surface area (Å²) in [6.45, 7) is 1.91. The highest BCUT2D eigenvalue weighted by Gasteiger charge is 2.17. The number of hydrogen-bond acceptors (Lipinski definition) is 3. The molecule has 22 heavy (non-hydrogen) atoms. The van der Waals surface area contributed by atoms with Crippen LogP contribution in [0.15, 0.2) is 42.5 Å². The molecule has 0 N–H and O–H groups in total. The minimum absolute atomic E-state index is 0.171. The van der Waals surface area contributed by atoms with E-state index in [2.05, 4.69) is 0 Å². The van der Waals surface area contributed by atoms with E-state index in [1.807, 2.05) is 31.2 Å². The fourth-order valence-electron chi connectivity index (χ4n) is 2.07. The molecule has 0 spiro atoms. The molecular formula is C16H18F2O3Si. The predicted octanol–water partition coefficient (Wildman–Crippen LogP) is 3.72. The first-order valence-electron chi connectivity index (χ1n) is 6.81. The third-order valence-electron chi connectivity index (χ3n) is 3.33. The zero-order chi connectivity index (χ0) is 16.1. The van der Waals surface area contributed by atoms with Gasteiger partial charge in [-0.3, -0.25) is 0 Å². The first-order valence-corrected chi connectivity index (χ1v) is 8.23. The largest absolute Gasteiger partial charge is 0.484 e. The molecule has 1 atom stereocenters. The summed E-state index contributed by atoms with van der Waals surface area (Å²) < 4.78 is 42.2. The lowest BCUT2D eigenvalue weighted by Gasteiger charge is -2.18. The Kier molecular flexibility index (Phi) is 5.79. The van der Waals surface area contributed by atoms with Crippen LogP contribution in [0, 0.1) is 11.6 Å². The summed E-state index contributed by atoms with van der Waals surface area (Å²) in [5, 5.41) is 0.